The Morgan fingerprint density at radius 3 is 1.21 bits per heavy atom. The lowest BCUT2D eigenvalue weighted by molar-refractivity contribution is -0.396. The maximum Gasteiger partial charge on any atom is 0.296 e. The third-order valence-corrected chi connectivity index (χ3v) is 7.50. The molecule has 0 aliphatic heterocycles. The summed E-state index contributed by atoms with van der Waals surface area (Å²) in [6.07, 6.45) is 0. The van der Waals surface area contributed by atoms with Crippen LogP contribution in [0.3, 0.4) is 0 Å². The molecule has 0 heterocycles. The first-order valence-corrected chi connectivity index (χ1v) is 12.6. The molecule has 3 rings (SSSR count). The van der Waals surface area contributed by atoms with Crippen molar-refractivity contribution in [2.24, 2.45) is 0 Å². The molecule has 20 heteroatoms. The van der Waals surface area contributed by atoms with Gasteiger partial charge in [-0.25, -0.2) is 16.8 Å². The Morgan fingerprint density at radius 2 is 0.895 bits per heavy atom. The van der Waals surface area contributed by atoms with E-state index in [1.54, 1.807) is 0 Å². The summed E-state index contributed by atoms with van der Waals surface area (Å²) in [4.78, 5) is 38.4. The Balaban J connectivity index is 1.95. The van der Waals surface area contributed by atoms with Crippen molar-refractivity contribution in [3.05, 3.63) is 101 Å². The first-order valence-electron chi connectivity index (χ1n) is 9.64. The molecule has 0 amide bonds. The van der Waals surface area contributed by atoms with Gasteiger partial charge in [0.25, 0.3) is 42.8 Å². The second kappa shape index (κ2) is 10.0. The van der Waals surface area contributed by atoms with Gasteiger partial charge >= 0.3 is 0 Å². The Hall–Kier alpha value is -5.24. The summed E-state index contributed by atoms with van der Waals surface area (Å²) in [6, 6.07) is 8.08. The number of anilines is 2. The molecular formula is C18H12N6O12S2. The first-order chi connectivity index (χ1) is 17.6. The molecule has 0 aliphatic carbocycles. The van der Waals surface area contributed by atoms with Gasteiger partial charge in [-0.3, -0.25) is 49.9 Å². The zero-order valence-electron chi connectivity index (χ0n) is 18.3. The van der Waals surface area contributed by atoms with Gasteiger partial charge in [-0.2, -0.15) is 0 Å². The van der Waals surface area contributed by atoms with E-state index in [1.807, 2.05) is 9.44 Å². The lowest BCUT2D eigenvalue weighted by Crippen LogP contribution is -2.16. The second-order valence-electron chi connectivity index (χ2n) is 7.12. The van der Waals surface area contributed by atoms with E-state index in [2.05, 4.69) is 0 Å². The number of benzene rings is 3. The molecule has 0 fully saturated rings. The number of hydrogen-bond donors (Lipinski definition) is 2. The Kier molecular flexibility index (Phi) is 7.21. The van der Waals surface area contributed by atoms with Gasteiger partial charge in [0, 0.05) is 12.1 Å². The van der Waals surface area contributed by atoms with Crippen molar-refractivity contribution in [3.63, 3.8) is 0 Å². The quantitative estimate of drug-likeness (QED) is 0.264. The summed E-state index contributed by atoms with van der Waals surface area (Å²) in [5.74, 6) is 0. The molecule has 0 spiro atoms. The van der Waals surface area contributed by atoms with Crippen molar-refractivity contribution >= 4 is 54.2 Å². The normalized spacial score (nSPS) is 11.4. The third-order valence-electron chi connectivity index (χ3n) is 4.65. The first kappa shape index (κ1) is 27.3. The monoisotopic (exact) mass is 568 g/mol. The Bertz CT molecular complexity index is 1600. The summed E-state index contributed by atoms with van der Waals surface area (Å²) in [6.45, 7) is 0. The second-order valence-corrected chi connectivity index (χ2v) is 10.4. The fraction of sp³-hybridized carbons (Fsp3) is 0. The summed E-state index contributed by atoms with van der Waals surface area (Å²) in [5, 5.41) is 44.4. The van der Waals surface area contributed by atoms with Gasteiger partial charge in [-0.1, -0.05) is 6.07 Å². The van der Waals surface area contributed by atoms with Gasteiger partial charge in [0.1, 0.15) is 0 Å². The average molecular weight is 568 g/mol. The van der Waals surface area contributed by atoms with Crippen LogP contribution in [0.5, 0.6) is 0 Å². The molecule has 3 aromatic carbocycles. The van der Waals surface area contributed by atoms with Crippen molar-refractivity contribution in [1.82, 2.24) is 0 Å². The molecule has 18 nitrogen and oxygen atoms in total. The van der Waals surface area contributed by atoms with Gasteiger partial charge in [0.15, 0.2) is 9.79 Å². The number of nitrogens with zero attached hydrogens (tertiary/aromatic N) is 4. The molecule has 2 N–H and O–H groups in total. The lowest BCUT2D eigenvalue weighted by atomic mass is 10.3. The fourth-order valence-electron chi connectivity index (χ4n) is 3.04. The minimum Gasteiger partial charge on any atom is -0.279 e. The van der Waals surface area contributed by atoms with Crippen molar-refractivity contribution < 1.29 is 36.5 Å². The van der Waals surface area contributed by atoms with Crippen LogP contribution >= 0.6 is 0 Å². The van der Waals surface area contributed by atoms with Gasteiger partial charge in [-0.15, -0.1) is 0 Å². The van der Waals surface area contributed by atoms with Crippen LogP contribution in [-0.4, -0.2) is 36.5 Å². The molecule has 3 aromatic rings. The van der Waals surface area contributed by atoms with Crippen LogP contribution in [0.2, 0.25) is 0 Å². The summed E-state index contributed by atoms with van der Waals surface area (Å²) >= 11 is 0. The van der Waals surface area contributed by atoms with Gasteiger partial charge in [-0.05, 0) is 30.3 Å². The Morgan fingerprint density at radius 1 is 0.526 bits per heavy atom. The molecule has 0 aromatic heterocycles. The molecule has 198 valence electrons. The minimum absolute atomic E-state index is 0.309. The number of hydrogen-bond acceptors (Lipinski definition) is 12. The Labute approximate surface area is 211 Å². The lowest BCUT2D eigenvalue weighted by Gasteiger charge is -2.12. The van der Waals surface area contributed by atoms with Crippen LogP contribution in [0, 0.1) is 40.5 Å². The summed E-state index contributed by atoms with van der Waals surface area (Å²) < 4.78 is 55.1. The molecule has 0 radical (unpaired) electrons. The maximum atomic E-state index is 12.8. The highest BCUT2D eigenvalue weighted by molar-refractivity contribution is 7.93. The molecule has 0 bridgehead atoms. The van der Waals surface area contributed by atoms with Crippen LogP contribution in [0.4, 0.5) is 34.1 Å². The number of rotatable bonds is 10. The number of sulfonamides is 2. The van der Waals surface area contributed by atoms with Crippen LogP contribution < -0.4 is 9.44 Å². The highest BCUT2D eigenvalue weighted by Crippen LogP contribution is 2.32. The number of nitro benzene ring substituents is 4. The van der Waals surface area contributed by atoms with E-state index >= 15 is 0 Å². The van der Waals surface area contributed by atoms with E-state index < -0.39 is 72.3 Å². The highest BCUT2D eigenvalue weighted by atomic mass is 32.2. The zero-order chi connectivity index (χ0) is 28.4. The van der Waals surface area contributed by atoms with Gasteiger partial charge in [0.2, 0.25) is 0 Å². The van der Waals surface area contributed by atoms with Crippen molar-refractivity contribution in [2.45, 2.75) is 9.79 Å². The molecule has 38 heavy (non-hydrogen) atoms. The van der Waals surface area contributed by atoms with Crippen molar-refractivity contribution in [1.29, 1.82) is 0 Å². The van der Waals surface area contributed by atoms with Crippen molar-refractivity contribution in [3.8, 4) is 0 Å². The fourth-order valence-corrected chi connectivity index (χ4v) is 5.45. The van der Waals surface area contributed by atoms with E-state index in [9.17, 15) is 57.3 Å². The van der Waals surface area contributed by atoms with E-state index in [-0.39, 0.29) is 11.4 Å². The summed E-state index contributed by atoms with van der Waals surface area (Å²) in [5.41, 5.74) is -4.25. The molecule has 0 unspecified atom stereocenters. The number of non-ortho nitro benzene ring substituents is 2. The van der Waals surface area contributed by atoms with Crippen molar-refractivity contribution in [2.75, 3.05) is 9.44 Å². The SMILES string of the molecule is O=[N+]([O-])c1ccc(S(=O)(=O)Nc2cccc(NS(=O)(=O)c3ccc([N+](=O)[O-])cc3[N+](=O)[O-])c2)c([N+](=O)[O-])c1. The van der Waals surface area contributed by atoms with Crippen LogP contribution in [0.15, 0.2) is 70.5 Å². The predicted molar refractivity (Wildman–Crippen MR) is 128 cm³/mol. The van der Waals surface area contributed by atoms with Crippen LogP contribution in [0.1, 0.15) is 0 Å². The standard InChI is InChI=1S/C18H12N6O12S2/c25-21(26)13-4-6-17(15(9-13)23(29)30)37(33,34)19-11-2-1-3-12(8-11)20-38(35,36)18-7-5-14(22(27)28)10-16(18)24(31)32/h1-10,19-20H. The topological polar surface area (TPSA) is 265 Å². The van der Waals surface area contributed by atoms with Gasteiger partial charge < -0.3 is 0 Å². The largest absolute Gasteiger partial charge is 0.296 e. The zero-order valence-corrected chi connectivity index (χ0v) is 19.9. The molecule has 0 atom stereocenters. The number of nitro groups is 4. The molecule has 0 saturated heterocycles. The summed E-state index contributed by atoms with van der Waals surface area (Å²) in [7, 11) is -9.44. The molecule has 0 aliphatic rings. The minimum atomic E-state index is -4.72. The van der Waals surface area contributed by atoms with E-state index in [0.29, 0.717) is 24.3 Å². The van der Waals surface area contributed by atoms with Gasteiger partial charge in [0.05, 0.1) is 43.2 Å². The average Bonchev–Trinajstić information content (AvgIpc) is 2.82. The third kappa shape index (κ3) is 5.76. The molecular weight excluding hydrogens is 556 g/mol. The highest BCUT2D eigenvalue weighted by Gasteiger charge is 2.30. The van der Waals surface area contributed by atoms with E-state index in [1.165, 1.54) is 6.07 Å². The number of nitrogens with one attached hydrogen (secondary N) is 2. The van der Waals surface area contributed by atoms with Crippen LogP contribution in [-0.2, 0) is 20.0 Å². The van der Waals surface area contributed by atoms with E-state index in [0.717, 1.165) is 30.3 Å². The van der Waals surface area contributed by atoms with Crippen LogP contribution in [0.25, 0.3) is 0 Å². The maximum absolute atomic E-state index is 12.8. The van der Waals surface area contributed by atoms with E-state index in [4.69, 9.17) is 0 Å². The smallest absolute Gasteiger partial charge is 0.279 e. The molecule has 0 saturated carbocycles. The predicted octanol–water partition coefficient (Wildman–Crippen LogP) is 2.92.